The maximum atomic E-state index is 12.5. The highest BCUT2D eigenvalue weighted by molar-refractivity contribution is 6.08. The van der Waals surface area contributed by atoms with Crippen LogP contribution in [0.25, 0.3) is 11.0 Å². The van der Waals surface area contributed by atoms with Gasteiger partial charge < -0.3 is 4.42 Å². The summed E-state index contributed by atoms with van der Waals surface area (Å²) in [6, 6.07) is 8.57. The van der Waals surface area contributed by atoms with E-state index in [4.69, 9.17) is 4.42 Å². The van der Waals surface area contributed by atoms with Crippen molar-refractivity contribution in [3.8, 4) is 0 Å². The number of carbonyl (C=O) groups excluding carboxylic acids is 1. The normalized spacial score (nSPS) is 21.0. The number of rotatable bonds is 4. The average Bonchev–Trinajstić information content (AvgIpc) is 3.27. The lowest BCUT2D eigenvalue weighted by Crippen LogP contribution is -2.48. The summed E-state index contributed by atoms with van der Waals surface area (Å²) >= 11 is 0. The van der Waals surface area contributed by atoms with Gasteiger partial charge in [0.15, 0.2) is 5.78 Å². The van der Waals surface area contributed by atoms with E-state index in [0.717, 1.165) is 48.8 Å². The third-order valence-corrected chi connectivity index (χ3v) is 4.62. The highest BCUT2D eigenvalue weighted by Crippen LogP contribution is 2.27. The molecule has 0 radical (unpaired) electrons. The van der Waals surface area contributed by atoms with E-state index < -0.39 is 0 Å². The standard InChI is InChI=1S/C17H20N2O2/c20-16(15-12-21-17-4-2-1-3-14(15)17)11-18-7-9-19(10-8-18)13-5-6-13/h1-4,12-13H,5-11H2. The Labute approximate surface area is 124 Å². The quantitative estimate of drug-likeness (QED) is 0.808. The first-order chi connectivity index (χ1) is 10.3. The molecule has 1 aromatic heterocycles. The molecular formula is C17H20N2O2. The molecule has 1 saturated carbocycles. The molecule has 2 heterocycles. The van der Waals surface area contributed by atoms with Crippen molar-refractivity contribution in [3.63, 3.8) is 0 Å². The van der Waals surface area contributed by atoms with E-state index in [0.29, 0.717) is 6.54 Å². The van der Waals surface area contributed by atoms with Crippen LogP contribution in [-0.4, -0.2) is 54.3 Å². The molecule has 1 aliphatic carbocycles. The summed E-state index contributed by atoms with van der Waals surface area (Å²) in [5.74, 6) is 0.167. The lowest BCUT2D eigenvalue weighted by molar-refractivity contribution is 0.0844. The molecule has 110 valence electrons. The zero-order valence-electron chi connectivity index (χ0n) is 12.1. The Morgan fingerprint density at radius 3 is 2.67 bits per heavy atom. The van der Waals surface area contributed by atoms with E-state index in [1.807, 2.05) is 24.3 Å². The molecule has 1 aromatic carbocycles. The van der Waals surface area contributed by atoms with Crippen molar-refractivity contribution >= 4 is 16.8 Å². The van der Waals surface area contributed by atoms with Crippen LogP contribution < -0.4 is 0 Å². The van der Waals surface area contributed by atoms with Crippen LogP contribution in [0.2, 0.25) is 0 Å². The predicted molar refractivity (Wildman–Crippen MR) is 81.6 cm³/mol. The van der Waals surface area contributed by atoms with Crippen LogP contribution in [0, 0.1) is 0 Å². The van der Waals surface area contributed by atoms with Crippen molar-refractivity contribution in [2.75, 3.05) is 32.7 Å². The molecule has 4 nitrogen and oxygen atoms in total. The monoisotopic (exact) mass is 284 g/mol. The van der Waals surface area contributed by atoms with Gasteiger partial charge in [0.2, 0.25) is 0 Å². The van der Waals surface area contributed by atoms with Crippen molar-refractivity contribution in [1.29, 1.82) is 0 Å². The van der Waals surface area contributed by atoms with Crippen LogP contribution in [0.5, 0.6) is 0 Å². The molecule has 2 aromatic rings. The summed E-state index contributed by atoms with van der Waals surface area (Å²) in [5.41, 5.74) is 1.51. The minimum Gasteiger partial charge on any atom is -0.464 e. The third kappa shape index (κ3) is 2.61. The zero-order valence-corrected chi connectivity index (χ0v) is 12.1. The van der Waals surface area contributed by atoms with Gasteiger partial charge in [-0.3, -0.25) is 14.6 Å². The van der Waals surface area contributed by atoms with Gasteiger partial charge in [-0.2, -0.15) is 0 Å². The molecule has 21 heavy (non-hydrogen) atoms. The van der Waals surface area contributed by atoms with Crippen molar-refractivity contribution in [3.05, 3.63) is 36.1 Å². The van der Waals surface area contributed by atoms with Gasteiger partial charge in [0, 0.05) is 37.6 Å². The molecule has 4 rings (SSSR count). The van der Waals surface area contributed by atoms with Crippen LogP contribution in [-0.2, 0) is 0 Å². The first kappa shape index (κ1) is 13.0. The maximum absolute atomic E-state index is 12.5. The molecule has 1 aliphatic heterocycles. The largest absolute Gasteiger partial charge is 0.464 e. The summed E-state index contributed by atoms with van der Waals surface area (Å²) in [5, 5.41) is 0.930. The molecule has 0 unspecified atom stereocenters. The lowest BCUT2D eigenvalue weighted by atomic mass is 10.1. The zero-order chi connectivity index (χ0) is 14.2. The van der Waals surface area contributed by atoms with Gasteiger partial charge in [-0.05, 0) is 18.9 Å². The molecule has 0 atom stereocenters. The van der Waals surface area contributed by atoms with Gasteiger partial charge in [0.1, 0.15) is 11.8 Å². The number of benzene rings is 1. The number of nitrogens with zero attached hydrogens (tertiary/aromatic N) is 2. The Kier molecular flexibility index (Phi) is 3.28. The number of piperazine rings is 1. The fourth-order valence-corrected chi connectivity index (χ4v) is 3.21. The Morgan fingerprint density at radius 1 is 1.14 bits per heavy atom. The summed E-state index contributed by atoms with van der Waals surface area (Å²) in [7, 11) is 0. The second kappa shape index (κ2) is 5.28. The SMILES string of the molecule is O=C(CN1CCN(C2CC2)CC1)c1coc2ccccc12. The van der Waals surface area contributed by atoms with Gasteiger partial charge >= 0.3 is 0 Å². The van der Waals surface area contributed by atoms with Crippen molar-refractivity contribution in [2.24, 2.45) is 0 Å². The second-order valence-corrected chi connectivity index (χ2v) is 6.11. The fraction of sp³-hybridized carbons (Fsp3) is 0.471. The van der Waals surface area contributed by atoms with Crippen LogP contribution in [0.15, 0.2) is 34.9 Å². The number of fused-ring (bicyclic) bond motifs is 1. The highest BCUT2D eigenvalue weighted by Gasteiger charge is 2.31. The summed E-state index contributed by atoms with van der Waals surface area (Å²) in [6.45, 7) is 4.70. The number of Topliss-reactive ketones (excluding diaryl/α,β-unsaturated/α-hetero) is 1. The van der Waals surface area contributed by atoms with Gasteiger partial charge in [-0.1, -0.05) is 18.2 Å². The average molecular weight is 284 g/mol. The first-order valence-electron chi connectivity index (χ1n) is 7.77. The third-order valence-electron chi connectivity index (χ3n) is 4.62. The fourth-order valence-electron chi connectivity index (χ4n) is 3.21. The minimum atomic E-state index is 0.167. The van der Waals surface area contributed by atoms with Crippen molar-refractivity contribution in [1.82, 2.24) is 9.80 Å². The molecule has 0 bridgehead atoms. The van der Waals surface area contributed by atoms with Gasteiger partial charge in [-0.25, -0.2) is 0 Å². The number of hydrogen-bond donors (Lipinski definition) is 0. The highest BCUT2D eigenvalue weighted by atomic mass is 16.3. The predicted octanol–water partition coefficient (Wildman–Crippen LogP) is 2.40. The van der Waals surface area contributed by atoms with Gasteiger partial charge in [-0.15, -0.1) is 0 Å². The van der Waals surface area contributed by atoms with Gasteiger partial charge in [0.05, 0.1) is 12.1 Å². The molecule has 0 amide bonds. The molecule has 0 N–H and O–H groups in total. The number of furan rings is 1. The molecular weight excluding hydrogens is 264 g/mol. The van der Waals surface area contributed by atoms with Crippen molar-refractivity contribution < 1.29 is 9.21 Å². The Balaban J connectivity index is 1.41. The summed E-state index contributed by atoms with van der Waals surface area (Å²) in [6.07, 6.45) is 4.33. The Morgan fingerprint density at radius 2 is 1.90 bits per heavy atom. The summed E-state index contributed by atoms with van der Waals surface area (Å²) in [4.78, 5) is 17.3. The number of hydrogen-bond acceptors (Lipinski definition) is 4. The van der Waals surface area contributed by atoms with Crippen LogP contribution in [0.1, 0.15) is 23.2 Å². The van der Waals surface area contributed by atoms with Crippen LogP contribution >= 0.6 is 0 Å². The lowest BCUT2D eigenvalue weighted by Gasteiger charge is -2.34. The number of para-hydroxylation sites is 1. The van der Waals surface area contributed by atoms with Crippen LogP contribution in [0.3, 0.4) is 0 Å². The van der Waals surface area contributed by atoms with Gasteiger partial charge in [0.25, 0.3) is 0 Å². The van der Waals surface area contributed by atoms with Crippen LogP contribution in [0.4, 0.5) is 0 Å². The molecule has 0 spiro atoms. The van der Waals surface area contributed by atoms with Crippen molar-refractivity contribution in [2.45, 2.75) is 18.9 Å². The first-order valence-corrected chi connectivity index (χ1v) is 7.77. The molecule has 2 aliphatic rings. The smallest absolute Gasteiger partial charge is 0.180 e. The Hall–Kier alpha value is -1.65. The molecule has 4 heteroatoms. The van der Waals surface area contributed by atoms with E-state index in [2.05, 4.69) is 9.80 Å². The topological polar surface area (TPSA) is 36.7 Å². The Bertz CT molecular complexity index is 652. The second-order valence-electron chi connectivity index (χ2n) is 6.11. The molecule has 2 fully saturated rings. The van der Waals surface area contributed by atoms with E-state index in [9.17, 15) is 4.79 Å². The van der Waals surface area contributed by atoms with E-state index >= 15 is 0 Å². The number of carbonyl (C=O) groups is 1. The summed E-state index contributed by atoms with van der Waals surface area (Å²) < 4.78 is 5.47. The van der Waals surface area contributed by atoms with E-state index in [1.165, 1.54) is 12.8 Å². The molecule has 1 saturated heterocycles. The van der Waals surface area contributed by atoms with E-state index in [1.54, 1.807) is 6.26 Å². The maximum Gasteiger partial charge on any atom is 0.180 e. The number of ketones is 1. The van der Waals surface area contributed by atoms with E-state index in [-0.39, 0.29) is 5.78 Å². The minimum absolute atomic E-state index is 0.167.